The molecule has 0 aromatic heterocycles. The third-order valence-electron chi connectivity index (χ3n) is 0. The smallest absolute Gasteiger partial charge is 0.344 e. The molecule has 0 aromatic carbocycles. The molecular weight excluding hydrogens is 184 g/mol. The minimum Gasteiger partial charge on any atom is -0.344 e. The Morgan fingerprint density at radius 3 is 0.818 bits per heavy atom. The van der Waals surface area contributed by atoms with Crippen LogP contribution in [0.25, 0.3) is 0 Å². The molecule has 0 saturated carbocycles. The molecule has 0 saturated heterocycles. The van der Waals surface area contributed by atoms with Crippen LogP contribution >= 0.6 is 0 Å². The predicted octanol–water partition coefficient (Wildman–Crippen LogP) is -1.66. The molecular formula is H14N4O6S. The zero-order valence-electron chi connectivity index (χ0n) is 5.58. The summed E-state index contributed by atoms with van der Waals surface area (Å²) >= 11 is 0. The molecule has 0 fully saturated rings. The Hall–Kier alpha value is -0.370. The molecule has 0 atom stereocenters. The average molecular weight is 198 g/mol. The van der Waals surface area contributed by atoms with Crippen molar-refractivity contribution in [1.29, 1.82) is 0 Å². The fraction of sp³-hybridized carbons (Fsp3) is 0. The van der Waals surface area contributed by atoms with Crippen LogP contribution in [0.3, 0.4) is 0 Å². The standard InChI is InChI=1S/2H3NO.2H3N.H2O4S/c2*1-2;;;1-5(2,3)4/h2*2H,1H2;2*1H3;(H2,1,2,3,4). The molecule has 0 heterocycles. The van der Waals surface area contributed by atoms with E-state index in [4.69, 9.17) is 27.9 Å². The van der Waals surface area contributed by atoms with E-state index in [1.165, 1.54) is 0 Å². The Balaban J connectivity index is -0.0000000178. The Morgan fingerprint density at radius 2 is 0.818 bits per heavy atom. The van der Waals surface area contributed by atoms with Crippen molar-refractivity contribution in [3.8, 4) is 0 Å². The van der Waals surface area contributed by atoms with Crippen molar-refractivity contribution in [2.45, 2.75) is 0 Å². The molecule has 0 aromatic rings. The topological polar surface area (TPSA) is 237 Å². The summed E-state index contributed by atoms with van der Waals surface area (Å²) in [5, 5.41) is 13.0. The van der Waals surface area contributed by atoms with E-state index in [2.05, 4.69) is 11.8 Å². The minimum absolute atomic E-state index is 0. The van der Waals surface area contributed by atoms with Crippen LogP contribution in [-0.2, 0) is 10.4 Å². The molecule has 11 heavy (non-hydrogen) atoms. The van der Waals surface area contributed by atoms with Crippen molar-refractivity contribution < 1.29 is 27.9 Å². The van der Waals surface area contributed by atoms with Crippen molar-refractivity contribution >= 4 is 10.4 Å². The molecule has 0 aliphatic heterocycles. The molecule has 0 amide bonds. The van der Waals surface area contributed by atoms with Crippen molar-refractivity contribution in [2.75, 3.05) is 0 Å². The molecule has 0 rings (SSSR count). The van der Waals surface area contributed by atoms with Gasteiger partial charge in [-0.25, -0.2) is 11.8 Å². The van der Waals surface area contributed by atoms with Gasteiger partial charge in [-0.2, -0.15) is 8.42 Å². The quantitative estimate of drug-likeness (QED) is 0.162. The SMILES string of the molecule is N.N.NO.NO.O=S(=O)(O)O. The number of rotatable bonds is 0. The van der Waals surface area contributed by atoms with E-state index in [1.54, 1.807) is 0 Å². The molecule has 0 unspecified atom stereocenters. The van der Waals surface area contributed by atoms with E-state index in [-0.39, 0.29) is 12.3 Å². The predicted molar refractivity (Wildman–Crippen MR) is 36.2 cm³/mol. The fourth-order valence-corrected chi connectivity index (χ4v) is 0. The van der Waals surface area contributed by atoms with Gasteiger partial charge in [0, 0.05) is 0 Å². The third kappa shape index (κ3) is 4100. The number of hydrogen-bond donors (Lipinski definition) is 8. The van der Waals surface area contributed by atoms with Gasteiger partial charge in [-0.1, -0.05) is 0 Å². The highest BCUT2D eigenvalue weighted by molar-refractivity contribution is 7.79. The van der Waals surface area contributed by atoms with Crippen molar-refractivity contribution in [3.63, 3.8) is 0 Å². The first-order valence-corrected chi connectivity index (χ1v) is 2.61. The lowest BCUT2D eigenvalue weighted by Crippen LogP contribution is -1.89. The van der Waals surface area contributed by atoms with Crippen LogP contribution in [0, 0.1) is 0 Å². The Kier molecular flexibility index (Phi) is 64.0. The van der Waals surface area contributed by atoms with Crippen LogP contribution < -0.4 is 24.1 Å². The largest absolute Gasteiger partial charge is 0.394 e. The van der Waals surface area contributed by atoms with Crippen molar-refractivity contribution in [2.24, 2.45) is 11.8 Å². The van der Waals surface area contributed by atoms with Gasteiger partial charge >= 0.3 is 10.4 Å². The maximum atomic E-state index is 8.74. The van der Waals surface area contributed by atoms with Crippen LogP contribution in [0.15, 0.2) is 0 Å². The zero-order valence-corrected chi connectivity index (χ0v) is 6.40. The summed E-state index contributed by atoms with van der Waals surface area (Å²) in [5.74, 6) is 7.00. The highest BCUT2D eigenvalue weighted by atomic mass is 32.3. The second-order valence-electron chi connectivity index (χ2n) is 0.448. The highest BCUT2D eigenvalue weighted by Gasteiger charge is 1.84. The molecule has 11 heteroatoms. The summed E-state index contributed by atoms with van der Waals surface area (Å²) in [6.45, 7) is 0. The number of hydrogen-bond acceptors (Lipinski definition) is 8. The van der Waals surface area contributed by atoms with Gasteiger partial charge in [0.25, 0.3) is 0 Å². The minimum atomic E-state index is -4.67. The molecule has 14 N–H and O–H groups in total. The molecule has 0 aliphatic rings. The maximum Gasteiger partial charge on any atom is 0.394 e. The Morgan fingerprint density at radius 1 is 0.818 bits per heavy atom. The maximum absolute atomic E-state index is 8.74. The van der Waals surface area contributed by atoms with Gasteiger partial charge in [-0.3, -0.25) is 9.11 Å². The molecule has 0 bridgehead atoms. The lowest BCUT2D eigenvalue weighted by molar-refractivity contribution is 0.311. The first-order chi connectivity index (χ1) is 4.00. The van der Waals surface area contributed by atoms with E-state index >= 15 is 0 Å². The summed E-state index contributed by atoms with van der Waals surface area (Å²) in [5.41, 5.74) is 0. The van der Waals surface area contributed by atoms with Gasteiger partial charge in [-0.15, -0.1) is 0 Å². The zero-order chi connectivity index (χ0) is 8.50. The second-order valence-corrected chi connectivity index (χ2v) is 1.34. The number of nitrogens with two attached hydrogens (primary N) is 2. The van der Waals surface area contributed by atoms with Gasteiger partial charge in [0.1, 0.15) is 0 Å². The van der Waals surface area contributed by atoms with Gasteiger partial charge in [-0.05, 0) is 0 Å². The van der Waals surface area contributed by atoms with E-state index in [0.29, 0.717) is 0 Å². The average Bonchev–Trinajstić information content (AvgIpc) is 1.72. The van der Waals surface area contributed by atoms with E-state index < -0.39 is 10.4 Å². The molecule has 0 spiro atoms. The van der Waals surface area contributed by atoms with Gasteiger partial charge in [0.15, 0.2) is 0 Å². The second kappa shape index (κ2) is 22.6. The summed E-state index contributed by atoms with van der Waals surface area (Å²) in [7, 11) is -4.67. The van der Waals surface area contributed by atoms with E-state index in [9.17, 15) is 0 Å². The summed E-state index contributed by atoms with van der Waals surface area (Å²) in [6, 6.07) is 0. The first-order valence-electron chi connectivity index (χ1n) is 1.21. The molecule has 0 aliphatic carbocycles. The third-order valence-corrected chi connectivity index (χ3v) is 0. The monoisotopic (exact) mass is 198 g/mol. The summed E-state index contributed by atoms with van der Waals surface area (Å²) in [4.78, 5) is 0. The van der Waals surface area contributed by atoms with Gasteiger partial charge in [0.2, 0.25) is 0 Å². The van der Waals surface area contributed by atoms with E-state index in [0.717, 1.165) is 0 Å². The molecule has 76 valence electrons. The Labute approximate surface area is 63.5 Å². The summed E-state index contributed by atoms with van der Waals surface area (Å²) < 4.78 is 31.6. The van der Waals surface area contributed by atoms with Crippen LogP contribution in [0.1, 0.15) is 0 Å². The van der Waals surface area contributed by atoms with E-state index in [1.807, 2.05) is 0 Å². The summed E-state index contributed by atoms with van der Waals surface area (Å²) in [6.07, 6.45) is 0. The lowest BCUT2D eigenvalue weighted by atomic mass is 13.6. The Bertz CT molecular complexity index is 97.8. The van der Waals surface area contributed by atoms with Gasteiger partial charge < -0.3 is 22.7 Å². The van der Waals surface area contributed by atoms with Crippen LogP contribution in [-0.4, -0.2) is 27.9 Å². The normalized spacial score (nSPS) is 6.36. The van der Waals surface area contributed by atoms with Crippen LogP contribution in [0.2, 0.25) is 0 Å². The molecule has 0 radical (unpaired) electrons. The fourth-order valence-electron chi connectivity index (χ4n) is 0. The highest BCUT2D eigenvalue weighted by Crippen LogP contribution is 1.59. The van der Waals surface area contributed by atoms with Crippen molar-refractivity contribution in [1.82, 2.24) is 12.3 Å². The van der Waals surface area contributed by atoms with Crippen LogP contribution in [0.4, 0.5) is 0 Å². The lowest BCUT2D eigenvalue weighted by Gasteiger charge is -1.68. The first kappa shape index (κ1) is 31.1. The van der Waals surface area contributed by atoms with Crippen molar-refractivity contribution in [3.05, 3.63) is 0 Å². The molecule has 10 nitrogen and oxygen atoms in total. The van der Waals surface area contributed by atoms with Gasteiger partial charge in [0.05, 0.1) is 0 Å². The van der Waals surface area contributed by atoms with Crippen LogP contribution in [0.5, 0.6) is 0 Å².